The van der Waals surface area contributed by atoms with Crippen LogP contribution in [0.2, 0.25) is 0 Å². The van der Waals surface area contributed by atoms with Crippen molar-refractivity contribution in [2.24, 2.45) is 0 Å². The van der Waals surface area contributed by atoms with Crippen molar-refractivity contribution >= 4 is 0 Å². The van der Waals surface area contributed by atoms with Crippen LogP contribution >= 0.6 is 0 Å². The van der Waals surface area contributed by atoms with Gasteiger partial charge in [0.1, 0.15) is 5.75 Å². The molecule has 1 aromatic carbocycles. The Morgan fingerprint density at radius 2 is 1.88 bits per heavy atom. The Hall–Kier alpha value is -0.980. The van der Waals surface area contributed by atoms with Crippen LogP contribution in [0.1, 0.15) is 57.6 Å². The van der Waals surface area contributed by atoms with Crippen LogP contribution in [0, 0.1) is 0 Å². The molecule has 1 spiro atoms. The van der Waals surface area contributed by atoms with Gasteiger partial charge < -0.3 is 4.74 Å². The molecule has 0 aromatic heterocycles. The molecule has 0 unspecified atom stereocenters. The van der Waals surface area contributed by atoms with E-state index in [0.29, 0.717) is 5.41 Å². The predicted molar refractivity (Wildman–Crippen MR) is 70.8 cm³/mol. The van der Waals surface area contributed by atoms with Gasteiger partial charge in [0.15, 0.2) is 0 Å². The average molecular weight is 230 g/mol. The summed E-state index contributed by atoms with van der Waals surface area (Å²) in [5.74, 6) is 1.20. The normalized spacial score (nSPS) is 21.6. The van der Waals surface area contributed by atoms with E-state index < -0.39 is 0 Å². The maximum Gasteiger partial charge on any atom is 0.126 e. The van der Waals surface area contributed by atoms with Crippen molar-refractivity contribution in [3.8, 4) is 5.75 Å². The molecule has 1 aromatic rings. The van der Waals surface area contributed by atoms with E-state index >= 15 is 0 Å². The van der Waals surface area contributed by atoms with E-state index in [-0.39, 0.29) is 5.41 Å². The zero-order chi connectivity index (χ0) is 12.1. The molecule has 2 aliphatic rings. The summed E-state index contributed by atoms with van der Waals surface area (Å²) < 4.78 is 6.01. The molecule has 1 heterocycles. The van der Waals surface area contributed by atoms with Gasteiger partial charge in [0.2, 0.25) is 0 Å². The number of hydrogen-bond donors (Lipinski definition) is 0. The van der Waals surface area contributed by atoms with Crippen molar-refractivity contribution in [3.05, 3.63) is 29.3 Å². The molecule has 1 saturated carbocycles. The first-order valence-corrected chi connectivity index (χ1v) is 6.80. The minimum atomic E-state index is 0.174. The van der Waals surface area contributed by atoms with Gasteiger partial charge in [-0.15, -0.1) is 0 Å². The Morgan fingerprint density at radius 3 is 2.47 bits per heavy atom. The molecule has 1 nitrogen and oxygen atoms in total. The van der Waals surface area contributed by atoms with Gasteiger partial charge >= 0.3 is 0 Å². The highest BCUT2D eigenvalue weighted by Crippen LogP contribution is 2.53. The molecule has 1 fully saturated rings. The Labute approximate surface area is 104 Å². The monoisotopic (exact) mass is 230 g/mol. The average Bonchev–Trinajstić information content (AvgIpc) is 2.24. The number of benzene rings is 1. The number of para-hydroxylation sites is 1. The number of rotatable bonds is 0. The molecule has 3 rings (SSSR count). The molecule has 1 aliphatic heterocycles. The van der Waals surface area contributed by atoms with Crippen molar-refractivity contribution in [1.82, 2.24) is 0 Å². The summed E-state index contributed by atoms with van der Waals surface area (Å²) in [7, 11) is 0. The van der Waals surface area contributed by atoms with Crippen LogP contribution in [0.25, 0.3) is 0 Å². The predicted octanol–water partition coefficient (Wildman–Crippen LogP) is 4.19. The molecule has 92 valence electrons. The van der Waals surface area contributed by atoms with Crippen LogP contribution in [0.15, 0.2) is 18.2 Å². The summed E-state index contributed by atoms with van der Waals surface area (Å²) in [6.07, 6.45) is 5.32. The van der Waals surface area contributed by atoms with Crippen molar-refractivity contribution in [1.29, 1.82) is 0 Å². The van der Waals surface area contributed by atoms with Gasteiger partial charge in [-0.25, -0.2) is 0 Å². The molecule has 0 radical (unpaired) electrons. The molecule has 0 amide bonds. The van der Waals surface area contributed by atoms with E-state index in [1.165, 1.54) is 42.6 Å². The fourth-order valence-corrected chi connectivity index (χ4v) is 3.31. The zero-order valence-electron chi connectivity index (χ0n) is 11.2. The molecule has 0 atom stereocenters. The molecule has 1 heteroatoms. The van der Waals surface area contributed by atoms with Gasteiger partial charge in [-0.3, -0.25) is 0 Å². The second-order valence-corrected chi connectivity index (χ2v) is 6.66. The van der Waals surface area contributed by atoms with Crippen LogP contribution < -0.4 is 4.74 Å². The van der Waals surface area contributed by atoms with Gasteiger partial charge in [-0.05, 0) is 30.2 Å². The lowest BCUT2D eigenvalue weighted by Gasteiger charge is -2.47. The van der Waals surface area contributed by atoms with E-state index in [9.17, 15) is 0 Å². The summed E-state index contributed by atoms with van der Waals surface area (Å²) in [5, 5.41) is 0. The molecule has 17 heavy (non-hydrogen) atoms. The van der Waals surface area contributed by atoms with Crippen LogP contribution in [0.3, 0.4) is 0 Å². The van der Waals surface area contributed by atoms with Gasteiger partial charge in [0.25, 0.3) is 0 Å². The van der Waals surface area contributed by atoms with Crippen LogP contribution in [-0.2, 0) is 10.8 Å². The summed E-state index contributed by atoms with van der Waals surface area (Å²) in [6, 6.07) is 6.74. The lowest BCUT2D eigenvalue weighted by atomic mass is 9.61. The number of fused-ring (bicyclic) bond motifs is 2. The van der Waals surface area contributed by atoms with Crippen molar-refractivity contribution in [2.75, 3.05) is 6.61 Å². The van der Waals surface area contributed by atoms with Crippen molar-refractivity contribution in [2.45, 2.75) is 57.3 Å². The Kier molecular flexibility index (Phi) is 2.30. The van der Waals surface area contributed by atoms with E-state index in [1.807, 2.05) is 0 Å². The highest BCUT2D eigenvalue weighted by Gasteiger charge is 2.43. The summed E-state index contributed by atoms with van der Waals surface area (Å²) in [6.45, 7) is 7.72. The topological polar surface area (TPSA) is 9.23 Å². The molecule has 1 aliphatic carbocycles. The van der Waals surface area contributed by atoms with Gasteiger partial charge in [-0.2, -0.15) is 0 Å². The van der Waals surface area contributed by atoms with Crippen LogP contribution in [0.5, 0.6) is 5.75 Å². The molecular formula is C16H22O. The minimum Gasteiger partial charge on any atom is -0.493 e. The fraction of sp³-hybridized carbons (Fsp3) is 0.625. The highest BCUT2D eigenvalue weighted by molar-refractivity contribution is 5.50. The first kappa shape index (κ1) is 11.1. The third-order valence-electron chi connectivity index (χ3n) is 4.53. The third kappa shape index (κ3) is 1.59. The second-order valence-electron chi connectivity index (χ2n) is 6.66. The number of ether oxygens (including phenoxy) is 1. The first-order valence-electron chi connectivity index (χ1n) is 6.80. The minimum absolute atomic E-state index is 0.174. The Balaban J connectivity index is 2.14. The first-order chi connectivity index (χ1) is 8.03. The Bertz CT molecular complexity index is 435. The SMILES string of the molecule is CC(C)(C)c1cccc2c1OCCC21CCC1. The van der Waals surface area contributed by atoms with Gasteiger partial charge in [0, 0.05) is 11.0 Å². The standard InChI is InChI=1S/C16H22O/c1-15(2,3)12-6-4-7-13-14(12)17-11-10-16(13)8-5-9-16/h4,6-7H,5,8-11H2,1-3H3. The molecular weight excluding hydrogens is 208 g/mol. The maximum absolute atomic E-state index is 6.01. The highest BCUT2D eigenvalue weighted by atomic mass is 16.5. The largest absolute Gasteiger partial charge is 0.493 e. The van der Waals surface area contributed by atoms with Crippen LogP contribution in [0.4, 0.5) is 0 Å². The lowest BCUT2D eigenvalue weighted by molar-refractivity contribution is 0.141. The molecule has 0 bridgehead atoms. The molecule has 0 saturated heterocycles. The maximum atomic E-state index is 6.01. The van der Waals surface area contributed by atoms with Gasteiger partial charge in [0.05, 0.1) is 6.61 Å². The van der Waals surface area contributed by atoms with E-state index in [2.05, 4.69) is 39.0 Å². The third-order valence-corrected chi connectivity index (χ3v) is 4.53. The lowest BCUT2D eigenvalue weighted by Crippen LogP contribution is -2.39. The zero-order valence-corrected chi connectivity index (χ0v) is 11.2. The van der Waals surface area contributed by atoms with E-state index in [4.69, 9.17) is 4.74 Å². The smallest absolute Gasteiger partial charge is 0.126 e. The van der Waals surface area contributed by atoms with Gasteiger partial charge in [-0.1, -0.05) is 45.4 Å². The van der Waals surface area contributed by atoms with Crippen LogP contribution in [-0.4, -0.2) is 6.61 Å². The van der Waals surface area contributed by atoms with E-state index in [0.717, 1.165) is 6.61 Å². The van der Waals surface area contributed by atoms with Crippen molar-refractivity contribution in [3.63, 3.8) is 0 Å². The van der Waals surface area contributed by atoms with E-state index in [1.54, 1.807) is 0 Å². The quantitative estimate of drug-likeness (QED) is 0.649. The Morgan fingerprint density at radius 1 is 1.12 bits per heavy atom. The summed E-state index contributed by atoms with van der Waals surface area (Å²) >= 11 is 0. The molecule has 0 N–H and O–H groups in total. The summed E-state index contributed by atoms with van der Waals surface area (Å²) in [5.41, 5.74) is 3.51. The summed E-state index contributed by atoms with van der Waals surface area (Å²) in [4.78, 5) is 0. The van der Waals surface area contributed by atoms with Crippen molar-refractivity contribution < 1.29 is 4.74 Å². The second kappa shape index (κ2) is 3.51. The fourth-order valence-electron chi connectivity index (χ4n) is 3.31. The number of hydrogen-bond acceptors (Lipinski definition) is 1.